The first-order chi connectivity index (χ1) is 8.65. The van der Waals surface area contributed by atoms with E-state index in [2.05, 4.69) is 22.1 Å². The van der Waals surface area contributed by atoms with Crippen molar-refractivity contribution in [1.29, 1.82) is 0 Å². The summed E-state index contributed by atoms with van der Waals surface area (Å²) in [4.78, 5) is 17.2. The molecule has 1 fully saturated rings. The molecule has 0 spiro atoms. The van der Waals surface area contributed by atoms with E-state index < -0.39 is 5.97 Å². The van der Waals surface area contributed by atoms with Gasteiger partial charge in [-0.2, -0.15) is 0 Å². The van der Waals surface area contributed by atoms with Gasteiger partial charge in [-0.3, -0.25) is 14.7 Å². The zero-order valence-electron chi connectivity index (χ0n) is 10.5. The standard InChI is InChI=1S/C13H19N3O2/c1-10-8-16(9-11-3-2-4-14-6-11)12(7-15-10)5-13(17)18/h2-4,6,10,12,15H,5,7-9H2,1H3,(H,17,18). The molecule has 0 bridgehead atoms. The normalized spacial score (nSPS) is 24.9. The number of piperazine rings is 1. The minimum atomic E-state index is -0.743. The van der Waals surface area contributed by atoms with E-state index in [9.17, 15) is 4.79 Å². The topological polar surface area (TPSA) is 65.5 Å². The van der Waals surface area contributed by atoms with E-state index in [0.717, 1.165) is 25.2 Å². The minimum absolute atomic E-state index is 0.0545. The molecule has 98 valence electrons. The number of carboxylic acids is 1. The Morgan fingerprint density at radius 2 is 2.50 bits per heavy atom. The number of carbonyl (C=O) groups is 1. The Bertz CT molecular complexity index is 396. The zero-order valence-corrected chi connectivity index (χ0v) is 10.5. The van der Waals surface area contributed by atoms with Gasteiger partial charge in [-0.25, -0.2) is 0 Å². The maximum Gasteiger partial charge on any atom is 0.304 e. The largest absolute Gasteiger partial charge is 0.481 e. The first kappa shape index (κ1) is 13.0. The Kier molecular flexibility index (Phi) is 4.28. The number of rotatable bonds is 4. The number of carboxylic acid groups (broad SMARTS) is 1. The molecular weight excluding hydrogens is 230 g/mol. The Morgan fingerprint density at radius 3 is 3.17 bits per heavy atom. The van der Waals surface area contributed by atoms with Crippen molar-refractivity contribution < 1.29 is 9.90 Å². The molecule has 2 N–H and O–H groups in total. The van der Waals surface area contributed by atoms with E-state index in [1.54, 1.807) is 6.20 Å². The number of pyridine rings is 1. The number of hydrogen-bond acceptors (Lipinski definition) is 4. The first-order valence-electron chi connectivity index (χ1n) is 6.23. The van der Waals surface area contributed by atoms with Crippen molar-refractivity contribution >= 4 is 5.97 Å². The Morgan fingerprint density at radius 1 is 1.67 bits per heavy atom. The van der Waals surface area contributed by atoms with Crippen molar-refractivity contribution in [2.75, 3.05) is 13.1 Å². The van der Waals surface area contributed by atoms with Crippen LogP contribution in [0.3, 0.4) is 0 Å². The minimum Gasteiger partial charge on any atom is -0.481 e. The fraction of sp³-hybridized carbons (Fsp3) is 0.538. The molecule has 2 heterocycles. The van der Waals surface area contributed by atoms with Gasteiger partial charge in [0.2, 0.25) is 0 Å². The lowest BCUT2D eigenvalue weighted by Gasteiger charge is -2.38. The van der Waals surface area contributed by atoms with Crippen molar-refractivity contribution in [2.45, 2.75) is 32.0 Å². The third-order valence-electron chi connectivity index (χ3n) is 3.25. The van der Waals surface area contributed by atoms with Gasteiger partial charge in [0.05, 0.1) is 6.42 Å². The zero-order chi connectivity index (χ0) is 13.0. The third kappa shape index (κ3) is 3.51. The molecule has 5 heteroatoms. The lowest BCUT2D eigenvalue weighted by atomic mass is 10.1. The van der Waals surface area contributed by atoms with Crippen molar-refractivity contribution in [1.82, 2.24) is 15.2 Å². The summed E-state index contributed by atoms with van der Waals surface area (Å²) in [6.45, 7) is 4.48. The van der Waals surface area contributed by atoms with Crippen molar-refractivity contribution in [3.05, 3.63) is 30.1 Å². The van der Waals surface area contributed by atoms with Crippen molar-refractivity contribution in [3.63, 3.8) is 0 Å². The first-order valence-corrected chi connectivity index (χ1v) is 6.23. The molecule has 18 heavy (non-hydrogen) atoms. The average Bonchev–Trinajstić information content (AvgIpc) is 2.33. The molecule has 2 rings (SSSR count). The van der Waals surface area contributed by atoms with Gasteiger partial charge in [0.25, 0.3) is 0 Å². The molecule has 2 unspecified atom stereocenters. The van der Waals surface area contributed by atoms with Gasteiger partial charge in [0, 0.05) is 44.1 Å². The van der Waals surface area contributed by atoms with Gasteiger partial charge >= 0.3 is 5.97 Å². The van der Waals surface area contributed by atoms with Crippen molar-refractivity contribution in [3.8, 4) is 0 Å². The number of hydrogen-bond donors (Lipinski definition) is 2. The van der Waals surface area contributed by atoms with Crippen molar-refractivity contribution in [2.24, 2.45) is 0 Å². The van der Waals surface area contributed by atoms with E-state index in [4.69, 9.17) is 5.11 Å². The summed E-state index contributed by atoms with van der Waals surface area (Å²) in [6, 6.07) is 4.38. The van der Waals surface area contributed by atoms with Crippen LogP contribution in [0.2, 0.25) is 0 Å². The summed E-state index contributed by atoms with van der Waals surface area (Å²) < 4.78 is 0. The molecule has 0 saturated carbocycles. The molecular formula is C13H19N3O2. The summed E-state index contributed by atoms with van der Waals surface area (Å²) in [7, 11) is 0. The Hall–Kier alpha value is -1.46. The molecule has 1 aromatic rings. The van der Waals surface area contributed by atoms with Crippen LogP contribution in [0, 0.1) is 0 Å². The summed E-state index contributed by atoms with van der Waals surface area (Å²) in [5.41, 5.74) is 1.13. The second-order valence-electron chi connectivity index (χ2n) is 4.85. The van der Waals surface area contributed by atoms with E-state index >= 15 is 0 Å². The smallest absolute Gasteiger partial charge is 0.304 e. The van der Waals surface area contributed by atoms with Crippen LogP contribution in [-0.2, 0) is 11.3 Å². The highest BCUT2D eigenvalue weighted by molar-refractivity contribution is 5.67. The van der Waals surface area contributed by atoms with Crippen LogP contribution in [0.25, 0.3) is 0 Å². The highest BCUT2D eigenvalue weighted by Gasteiger charge is 2.27. The summed E-state index contributed by atoms with van der Waals surface area (Å²) in [6.07, 6.45) is 3.77. The van der Waals surface area contributed by atoms with Gasteiger partial charge in [-0.05, 0) is 18.6 Å². The van der Waals surface area contributed by atoms with Gasteiger partial charge in [-0.15, -0.1) is 0 Å². The monoisotopic (exact) mass is 249 g/mol. The Balaban J connectivity index is 2.03. The van der Waals surface area contributed by atoms with Gasteiger partial charge in [0.15, 0.2) is 0 Å². The molecule has 0 radical (unpaired) electrons. The van der Waals surface area contributed by atoms with E-state index in [0.29, 0.717) is 6.04 Å². The quantitative estimate of drug-likeness (QED) is 0.823. The predicted molar refractivity (Wildman–Crippen MR) is 68.2 cm³/mol. The van der Waals surface area contributed by atoms with E-state index in [1.165, 1.54) is 0 Å². The molecule has 1 aliphatic heterocycles. The molecule has 0 amide bonds. The highest BCUT2D eigenvalue weighted by atomic mass is 16.4. The molecule has 5 nitrogen and oxygen atoms in total. The summed E-state index contributed by atoms with van der Waals surface area (Å²) >= 11 is 0. The highest BCUT2D eigenvalue weighted by Crippen LogP contribution is 2.14. The fourth-order valence-electron chi connectivity index (χ4n) is 2.35. The van der Waals surface area contributed by atoms with Crippen LogP contribution < -0.4 is 5.32 Å². The maximum absolute atomic E-state index is 10.9. The lowest BCUT2D eigenvalue weighted by molar-refractivity contribution is -0.138. The predicted octanol–water partition coefficient (Wildman–Crippen LogP) is 0.719. The molecule has 0 aliphatic carbocycles. The van der Waals surface area contributed by atoms with Crippen LogP contribution in [0.4, 0.5) is 0 Å². The van der Waals surface area contributed by atoms with Gasteiger partial charge in [0.1, 0.15) is 0 Å². The fourth-order valence-corrected chi connectivity index (χ4v) is 2.35. The van der Waals surface area contributed by atoms with Gasteiger partial charge < -0.3 is 10.4 Å². The van der Waals surface area contributed by atoms with Gasteiger partial charge in [-0.1, -0.05) is 6.07 Å². The number of nitrogens with zero attached hydrogens (tertiary/aromatic N) is 2. The molecule has 2 atom stereocenters. The molecule has 1 saturated heterocycles. The van der Waals surface area contributed by atoms with E-state index in [-0.39, 0.29) is 12.5 Å². The van der Waals surface area contributed by atoms with Crippen LogP contribution in [0.5, 0.6) is 0 Å². The number of aliphatic carboxylic acids is 1. The van der Waals surface area contributed by atoms with Crippen LogP contribution in [-0.4, -0.2) is 46.1 Å². The van der Waals surface area contributed by atoms with Crippen LogP contribution >= 0.6 is 0 Å². The van der Waals surface area contributed by atoms with Crippen LogP contribution in [0.1, 0.15) is 18.9 Å². The lowest BCUT2D eigenvalue weighted by Crippen LogP contribution is -2.55. The number of nitrogens with one attached hydrogen (secondary N) is 1. The summed E-state index contributed by atoms with van der Waals surface area (Å²) in [5.74, 6) is -0.743. The van der Waals surface area contributed by atoms with E-state index in [1.807, 2.05) is 18.3 Å². The van der Waals surface area contributed by atoms with Crippen LogP contribution in [0.15, 0.2) is 24.5 Å². The Labute approximate surface area is 107 Å². The maximum atomic E-state index is 10.9. The average molecular weight is 249 g/mol. The SMILES string of the molecule is CC1CN(Cc2cccnc2)C(CC(=O)O)CN1. The molecule has 1 aliphatic rings. The second kappa shape index (κ2) is 5.93. The number of aromatic nitrogens is 1. The molecule has 1 aromatic heterocycles. The third-order valence-corrected chi connectivity index (χ3v) is 3.25. The summed E-state index contributed by atoms with van der Waals surface area (Å²) in [5, 5.41) is 12.3. The second-order valence-corrected chi connectivity index (χ2v) is 4.85. The molecule has 0 aromatic carbocycles.